The number of carboxylic acid groups (broad SMARTS) is 1. The summed E-state index contributed by atoms with van der Waals surface area (Å²) in [7, 11) is 0. The fourth-order valence-electron chi connectivity index (χ4n) is 3.67. The molecule has 0 spiro atoms. The number of carboxylic acids is 1. The van der Waals surface area contributed by atoms with E-state index in [1.807, 2.05) is 30.3 Å². The van der Waals surface area contributed by atoms with Gasteiger partial charge in [0.05, 0.1) is 17.5 Å². The standard InChI is InChI=1S/C25H18ClN3O5S/c26-19-12-18-17(24(31)32)10-11-33-20(18)13-21(19)34-16-8-6-15(7-9-16)23(30)28-25-27-22(29-35-25)14-4-2-1-3-5-14/h1-9,12-13,17H,10-11H2,(H,31,32)(H,27,28,29,30). The monoisotopic (exact) mass is 507 g/mol. The van der Waals surface area contributed by atoms with E-state index in [1.54, 1.807) is 36.4 Å². The van der Waals surface area contributed by atoms with Gasteiger partial charge in [0.1, 0.15) is 17.2 Å². The van der Waals surface area contributed by atoms with Crippen LogP contribution in [0.4, 0.5) is 5.13 Å². The van der Waals surface area contributed by atoms with Gasteiger partial charge in [-0.15, -0.1) is 0 Å². The van der Waals surface area contributed by atoms with Crippen molar-refractivity contribution in [2.75, 3.05) is 11.9 Å². The molecule has 10 heteroatoms. The van der Waals surface area contributed by atoms with Crippen molar-refractivity contribution in [2.24, 2.45) is 0 Å². The number of benzene rings is 3. The number of carbonyl (C=O) groups is 2. The van der Waals surface area contributed by atoms with Gasteiger partial charge < -0.3 is 14.6 Å². The summed E-state index contributed by atoms with van der Waals surface area (Å²) in [5.41, 5.74) is 1.81. The summed E-state index contributed by atoms with van der Waals surface area (Å²) in [6.07, 6.45) is 0.382. The fourth-order valence-corrected chi connectivity index (χ4v) is 4.47. The number of carbonyl (C=O) groups excluding carboxylic acids is 1. The molecule has 5 rings (SSSR count). The van der Waals surface area contributed by atoms with Crippen molar-refractivity contribution in [2.45, 2.75) is 12.3 Å². The van der Waals surface area contributed by atoms with E-state index in [0.29, 0.717) is 52.4 Å². The maximum absolute atomic E-state index is 12.6. The van der Waals surface area contributed by atoms with Gasteiger partial charge in [0.15, 0.2) is 5.82 Å². The minimum atomic E-state index is -0.919. The lowest BCUT2D eigenvalue weighted by Gasteiger charge is -2.24. The van der Waals surface area contributed by atoms with E-state index in [9.17, 15) is 14.7 Å². The first-order valence-corrected chi connectivity index (χ1v) is 11.8. The number of anilines is 1. The van der Waals surface area contributed by atoms with Gasteiger partial charge in [-0.25, -0.2) is 0 Å². The SMILES string of the molecule is O=C(Nc1nc(-c2ccccc2)ns1)c1ccc(Oc2cc3c(cc2Cl)C(C(=O)O)CCO3)cc1. The first-order valence-electron chi connectivity index (χ1n) is 10.7. The zero-order valence-electron chi connectivity index (χ0n) is 18.1. The lowest BCUT2D eigenvalue weighted by Crippen LogP contribution is -2.20. The van der Waals surface area contributed by atoms with Gasteiger partial charge in [0.25, 0.3) is 5.91 Å². The van der Waals surface area contributed by atoms with Crippen LogP contribution in [0.2, 0.25) is 5.02 Å². The third kappa shape index (κ3) is 4.96. The molecule has 0 aliphatic carbocycles. The van der Waals surface area contributed by atoms with E-state index in [-0.39, 0.29) is 10.9 Å². The van der Waals surface area contributed by atoms with E-state index >= 15 is 0 Å². The molecule has 1 amide bonds. The summed E-state index contributed by atoms with van der Waals surface area (Å²) in [6, 6.07) is 19.2. The van der Waals surface area contributed by atoms with Gasteiger partial charge in [-0.2, -0.15) is 9.36 Å². The van der Waals surface area contributed by atoms with Gasteiger partial charge in [0, 0.05) is 34.3 Å². The maximum atomic E-state index is 12.6. The van der Waals surface area contributed by atoms with Gasteiger partial charge >= 0.3 is 5.97 Å². The molecule has 0 fully saturated rings. The molecule has 35 heavy (non-hydrogen) atoms. The van der Waals surface area contributed by atoms with Crippen LogP contribution in [0.15, 0.2) is 66.7 Å². The van der Waals surface area contributed by atoms with E-state index in [0.717, 1.165) is 17.1 Å². The number of fused-ring (bicyclic) bond motifs is 1. The van der Waals surface area contributed by atoms with Gasteiger partial charge in [-0.1, -0.05) is 41.9 Å². The van der Waals surface area contributed by atoms with Crippen molar-refractivity contribution in [3.63, 3.8) is 0 Å². The van der Waals surface area contributed by atoms with Crippen LogP contribution in [-0.2, 0) is 4.79 Å². The number of aromatic nitrogens is 2. The van der Waals surface area contributed by atoms with Crippen molar-refractivity contribution in [1.82, 2.24) is 9.36 Å². The number of nitrogens with one attached hydrogen (secondary N) is 1. The number of nitrogens with zero attached hydrogens (tertiary/aromatic N) is 2. The average Bonchev–Trinajstić information content (AvgIpc) is 3.33. The molecule has 2 heterocycles. The highest BCUT2D eigenvalue weighted by molar-refractivity contribution is 7.10. The second-order valence-corrected chi connectivity index (χ2v) is 8.88. The van der Waals surface area contributed by atoms with Crippen molar-refractivity contribution in [3.8, 4) is 28.6 Å². The molecule has 8 nitrogen and oxygen atoms in total. The highest BCUT2D eigenvalue weighted by atomic mass is 35.5. The molecule has 1 unspecified atom stereocenters. The minimum Gasteiger partial charge on any atom is -0.493 e. The number of halogens is 1. The fraction of sp³-hybridized carbons (Fsp3) is 0.120. The molecule has 176 valence electrons. The Morgan fingerprint density at radius 1 is 1.11 bits per heavy atom. The predicted octanol–water partition coefficient (Wildman–Crippen LogP) is 5.85. The highest BCUT2D eigenvalue weighted by Gasteiger charge is 2.29. The minimum absolute atomic E-state index is 0.271. The number of hydrogen-bond acceptors (Lipinski definition) is 7. The molecule has 1 aromatic heterocycles. The summed E-state index contributed by atoms with van der Waals surface area (Å²) in [5, 5.41) is 12.9. The van der Waals surface area contributed by atoms with Crippen LogP contribution in [0.1, 0.15) is 28.3 Å². The number of amides is 1. The molecule has 4 aromatic rings. The van der Waals surface area contributed by atoms with Crippen LogP contribution in [0.5, 0.6) is 17.2 Å². The first-order chi connectivity index (χ1) is 17.0. The first kappa shape index (κ1) is 22.8. The summed E-state index contributed by atoms with van der Waals surface area (Å²) in [5.74, 6) is -0.140. The smallest absolute Gasteiger partial charge is 0.311 e. The number of rotatable bonds is 6. The van der Waals surface area contributed by atoms with E-state index in [2.05, 4.69) is 14.7 Å². The van der Waals surface area contributed by atoms with E-state index < -0.39 is 11.9 Å². The molecule has 3 aromatic carbocycles. The molecular weight excluding hydrogens is 490 g/mol. The van der Waals surface area contributed by atoms with Gasteiger partial charge in [0.2, 0.25) is 5.13 Å². The average molecular weight is 508 g/mol. The Morgan fingerprint density at radius 2 is 1.89 bits per heavy atom. The van der Waals surface area contributed by atoms with Crippen molar-refractivity contribution in [3.05, 3.63) is 82.9 Å². The molecule has 1 atom stereocenters. The van der Waals surface area contributed by atoms with Crippen LogP contribution in [0.25, 0.3) is 11.4 Å². The number of ether oxygens (including phenoxy) is 2. The number of aliphatic carboxylic acids is 1. The normalized spacial score (nSPS) is 14.5. The molecule has 1 aliphatic rings. The Labute approximate surface area is 209 Å². The van der Waals surface area contributed by atoms with Crippen LogP contribution in [0, 0.1) is 0 Å². The summed E-state index contributed by atoms with van der Waals surface area (Å²) in [6.45, 7) is 0.302. The lowest BCUT2D eigenvalue weighted by atomic mass is 9.93. The van der Waals surface area contributed by atoms with Crippen LogP contribution < -0.4 is 14.8 Å². The molecule has 0 bridgehead atoms. The second-order valence-electron chi connectivity index (χ2n) is 7.72. The molecule has 1 aliphatic heterocycles. The predicted molar refractivity (Wildman–Crippen MR) is 132 cm³/mol. The molecule has 2 N–H and O–H groups in total. The van der Waals surface area contributed by atoms with E-state index in [4.69, 9.17) is 21.1 Å². The molecule has 0 saturated carbocycles. The zero-order chi connectivity index (χ0) is 24.4. The third-order valence-corrected chi connectivity index (χ3v) is 6.35. The Morgan fingerprint density at radius 3 is 2.63 bits per heavy atom. The second kappa shape index (κ2) is 9.73. The number of hydrogen-bond donors (Lipinski definition) is 2. The molecular formula is C25H18ClN3O5S. The topological polar surface area (TPSA) is 111 Å². The Balaban J connectivity index is 1.27. The van der Waals surface area contributed by atoms with Crippen molar-refractivity contribution >= 4 is 40.1 Å². The van der Waals surface area contributed by atoms with Gasteiger partial charge in [-0.3, -0.25) is 14.9 Å². The highest BCUT2D eigenvalue weighted by Crippen LogP contribution is 2.41. The summed E-state index contributed by atoms with van der Waals surface area (Å²) < 4.78 is 15.8. The largest absolute Gasteiger partial charge is 0.493 e. The van der Waals surface area contributed by atoms with Crippen LogP contribution >= 0.6 is 23.1 Å². The Hall–Kier alpha value is -3.95. The quantitative estimate of drug-likeness (QED) is 0.336. The third-order valence-electron chi connectivity index (χ3n) is 5.42. The summed E-state index contributed by atoms with van der Waals surface area (Å²) in [4.78, 5) is 28.5. The maximum Gasteiger partial charge on any atom is 0.311 e. The zero-order valence-corrected chi connectivity index (χ0v) is 19.7. The molecule has 0 saturated heterocycles. The lowest BCUT2D eigenvalue weighted by molar-refractivity contribution is -0.139. The molecule has 0 radical (unpaired) electrons. The van der Waals surface area contributed by atoms with Crippen molar-refractivity contribution in [1.29, 1.82) is 0 Å². The Bertz CT molecular complexity index is 1390. The van der Waals surface area contributed by atoms with Crippen LogP contribution in [0.3, 0.4) is 0 Å². The Kier molecular flexibility index (Phi) is 6.35. The summed E-state index contributed by atoms with van der Waals surface area (Å²) >= 11 is 7.46. The van der Waals surface area contributed by atoms with Gasteiger partial charge in [-0.05, 0) is 36.8 Å². The van der Waals surface area contributed by atoms with Crippen LogP contribution in [-0.4, -0.2) is 32.9 Å². The van der Waals surface area contributed by atoms with Crippen molar-refractivity contribution < 1.29 is 24.2 Å². The van der Waals surface area contributed by atoms with E-state index in [1.165, 1.54) is 0 Å².